The molecule has 0 radical (unpaired) electrons. The van der Waals surface area contributed by atoms with Crippen molar-refractivity contribution in [3.05, 3.63) is 34.3 Å². The smallest absolute Gasteiger partial charge is 0.0371 e. The summed E-state index contributed by atoms with van der Waals surface area (Å²) in [6.45, 7) is 3.57. The maximum absolute atomic E-state index is 3.47. The summed E-state index contributed by atoms with van der Waals surface area (Å²) in [5, 5.41) is 0. The van der Waals surface area contributed by atoms with Gasteiger partial charge in [-0.1, -0.05) is 35.0 Å². The molecule has 0 bridgehead atoms. The van der Waals surface area contributed by atoms with Crippen molar-refractivity contribution in [3.63, 3.8) is 0 Å². The van der Waals surface area contributed by atoms with Gasteiger partial charge in [0.2, 0.25) is 0 Å². The van der Waals surface area contributed by atoms with Crippen LogP contribution < -0.4 is 0 Å². The molecule has 2 unspecified atom stereocenters. The average Bonchev–Trinajstić information content (AvgIpc) is 2.49. The molecule has 1 aliphatic rings. The summed E-state index contributed by atoms with van der Waals surface area (Å²) in [5.74, 6) is 0.779. The van der Waals surface area contributed by atoms with Gasteiger partial charge < -0.3 is 0 Å². The molecule has 1 heterocycles. The first-order chi connectivity index (χ1) is 6.68. The zero-order valence-corrected chi connectivity index (χ0v) is 10.3. The average molecular weight is 254 g/mol. The minimum absolute atomic E-state index is 0.614. The number of likely N-dealkylation sites (tertiary alicyclic amines) is 1. The van der Waals surface area contributed by atoms with Crippen molar-refractivity contribution >= 4 is 15.9 Å². The molecule has 2 rings (SSSR count). The Morgan fingerprint density at radius 1 is 1.29 bits per heavy atom. The minimum Gasteiger partial charge on any atom is -0.299 e. The van der Waals surface area contributed by atoms with Gasteiger partial charge in [0.1, 0.15) is 0 Å². The van der Waals surface area contributed by atoms with Crippen LogP contribution in [0.2, 0.25) is 0 Å². The van der Waals surface area contributed by atoms with Crippen LogP contribution in [0, 0.1) is 5.92 Å². The predicted octanol–water partition coefficient (Wildman–Crippen LogP) is 3.46. The third kappa shape index (κ3) is 1.86. The fourth-order valence-electron chi connectivity index (χ4n) is 2.38. The van der Waals surface area contributed by atoms with E-state index in [1.165, 1.54) is 18.5 Å². The van der Waals surface area contributed by atoms with Crippen LogP contribution in [0.1, 0.15) is 24.9 Å². The lowest BCUT2D eigenvalue weighted by molar-refractivity contribution is 0.285. The van der Waals surface area contributed by atoms with E-state index in [0.29, 0.717) is 6.04 Å². The molecule has 1 aliphatic heterocycles. The molecule has 2 heteroatoms. The lowest BCUT2D eigenvalue weighted by atomic mass is 9.96. The van der Waals surface area contributed by atoms with Crippen LogP contribution in [-0.2, 0) is 0 Å². The molecule has 1 aromatic rings. The lowest BCUT2D eigenvalue weighted by Gasteiger charge is -2.23. The van der Waals surface area contributed by atoms with Crippen LogP contribution in [0.5, 0.6) is 0 Å². The Morgan fingerprint density at radius 2 is 1.93 bits per heavy atom. The molecule has 0 spiro atoms. The highest BCUT2D eigenvalue weighted by atomic mass is 79.9. The first-order valence-corrected chi connectivity index (χ1v) is 5.93. The van der Waals surface area contributed by atoms with Gasteiger partial charge in [-0.25, -0.2) is 0 Å². The number of hydrogen-bond donors (Lipinski definition) is 0. The van der Waals surface area contributed by atoms with Crippen LogP contribution in [0.4, 0.5) is 0 Å². The molecule has 76 valence electrons. The quantitative estimate of drug-likeness (QED) is 0.741. The van der Waals surface area contributed by atoms with E-state index in [4.69, 9.17) is 0 Å². The van der Waals surface area contributed by atoms with Crippen molar-refractivity contribution < 1.29 is 0 Å². The third-order valence-corrected chi connectivity index (χ3v) is 3.69. The van der Waals surface area contributed by atoms with Gasteiger partial charge in [0.15, 0.2) is 0 Å². The zero-order chi connectivity index (χ0) is 10.1. The van der Waals surface area contributed by atoms with Gasteiger partial charge in [0.05, 0.1) is 0 Å². The number of hydrogen-bond acceptors (Lipinski definition) is 1. The van der Waals surface area contributed by atoms with E-state index in [0.717, 1.165) is 10.4 Å². The second-order valence-corrected chi connectivity index (χ2v) is 5.16. The van der Waals surface area contributed by atoms with E-state index in [1.54, 1.807) is 0 Å². The Kier molecular flexibility index (Phi) is 2.93. The van der Waals surface area contributed by atoms with Crippen molar-refractivity contribution in [2.75, 3.05) is 13.6 Å². The van der Waals surface area contributed by atoms with Gasteiger partial charge >= 0.3 is 0 Å². The van der Waals surface area contributed by atoms with Gasteiger partial charge in [-0.2, -0.15) is 0 Å². The summed E-state index contributed by atoms with van der Waals surface area (Å²) in [4.78, 5) is 2.45. The number of halogens is 1. The fourth-order valence-corrected chi connectivity index (χ4v) is 2.65. The maximum Gasteiger partial charge on any atom is 0.0371 e. The fraction of sp³-hybridized carbons (Fsp3) is 0.500. The molecule has 1 aromatic carbocycles. The monoisotopic (exact) mass is 253 g/mol. The summed E-state index contributed by atoms with van der Waals surface area (Å²) >= 11 is 3.47. The second kappa shape index (κ2) is 4.03. The van der Waals surface area contributed by atoms with Gasteiger partial charge in [0.25, 0.3) is 0 Å². The van der Waals surface area contributed by atoms with E-state index >= 15 is 0 Å². The van der Waals surface area contributed by atoms with E-state index < -0.39 is 0 Å². The zero-order valence-electron chi connectivity index (χ0n) is 8.70. The highest BCUT2D eigenvalue weighted by molar-refractivity contribution is 9.10. The molecular weight excluding hydrogens is 238 g/mol. The molecule has 0 aromatic heterocycles. The lowest BCUT2D eigenvalue weighted by Crippen LogP contribution is -2.19. The minimum atomic E-state index is 0.614. The summed E-state index contributed by atoms with van der Waals surface area (Å²) in [5.41, 5.74) is 1.45. The van der Waals surface area contributed by atoms with Crippen molar-refractivity contribution in [2.24, 2.45) is 5.92 Å². The SMILES string of the molecule is CC1CCN(C)C1c1ccc(Br)cc1. The van der Waals surface area contributed by atoms with Crippen LogP contribution in [-0.4, -0.2) is 18.5 Å². The van der Waals surface area contributed by atoms with Crippen LogP contribution >= 0.6 is 15.9 Å². The number of benzene rings is 1. The Labute approximate surface area is 94.2 Å². The Hall–Kier alpha value is -0.340. The van der Waals surface area contributed by atoms with E-state index in [1.807, 2.05) is 0 Å². The Morgan fingerprint density at radius 3 is 2.43 bits per heavy atom. The predicted molar refractivity (Wildman–Crippen MR) is 63.3 cm³/mol. The first kappa shape index (κ1) is 10.2. The molecule has 1 saturated heterocycles. The van der Waals surface area contributed by atoms with E-state index in [-0.39, 0.29) is 0 Å². The van der Waals surface area contributed by atoms with Crippen LogP contribution in [0.15, 0.2) is 28.7 Å². The topological polar surface area (TPSA) is 3.24 Å². The largest absolute Gasteiger partial charge is 0.299 e. The highest BCUT2D eigenvalue weighted by Crippen LogP contribution is 2.35. The number of nitrogens with zero attached hydrogens (tertiary/aromatic N) is 1. The van der Waals surface area contributed by atoms with Crippen molar-refractivity contribution in [1.29, 1.82) is 0 Å². The van der Waals surface area contributed by atoms with Crippen molar-refractivity contribution in [3.8, 4) is 0 Å². The standard InChI is InChI=1S/C12H16BrN/c1-9-7-8-14(2)12(9)10-3-5-11(13)6-4-10/h3-6,9,12H,7-8H2,1-2H3. The van der Waals surface area contributed by atoms with Crippen molar-refractivity contribution in [2.45, 2.75) is 19.4 Å². The second-order valence-electron chi connectivity index (χ2n) is 4.24. The molecule has 0 N–H and O–H groups in total. The van der Waals surface area contributed by atoms with Gasteiger partial charge in [0, 0.05) is 10.5 Å². The van der Waals surface area contributed by atoms with Crippen LogP contribution in [0.3, 0.4) is 0 Å². The number of rotatable bonds is 1. The molecule has 0 saturated carbocycles. The highest BCUT2D eigenvalue weighted by Gasteiger charge is 2.29. The Balaban J connectivity index is 2.25. The van der Waals surface area contributed by atoms with Crippen molar-refractivity contribution in [1.82, 2.24) is 4.90 Å². The van der Waals surface area contributed by atoms with Gasteiger partial charge in [-0.15, -0.1) is 0 Å². The third-order valence-electron chi connectivity index (χ3n) is 3.16. The summed E-state index contributed by atoms with van der Waals surface area (Å²) in [6.07, 6.45) is 1.32. The summed E-state index contributed by atoms with van der Waals surface area (Å²) in [6, 6.07) is 9.34. The normalized spacial score (nSPS) is 28.2. The van der Waals surface area contributed by atoms with Crippen LogP contribution in [0.25, 0.3) is 0 Å². The molecule has 0 aliphatic carbocycles. The van der Waals surface area contributed by atoms with Gasteiger partial charge in [-0.05, 0) is 43.6 Å². The Bertz CT molecular complexity index is 297. The first-order valence-electron chi connectivity index (χ1n) is 5.14. The molecule has 0 amide bonds. The van der Waals surface area contributed by atoms with E-state index in [9.17, 15) is 0 Å². The summed E-state index contributed by atoms with van der Waals surface area (Å²) in [7, 11) is 2.22. The molecule has 2 atom stereocenters. The van der Waals surface area contributed by atoms with E-state index in [2.05, 4.69) is 59.1 Å². The maximum atomic E-state index is 3.47. The molecule has 1 nitrogen and oxygen atoms in total. The molecule has 1 fully saturated rings. The molecule has 14 heavy (non-hydrogen) atoms. The summed E-state index contributed by atoms with van der Waals surface area (Å²) < 4.78 is 1.16. The molecular formula is C12H16BrN. The van der Waals surface area contributed by atoms with Gasteiger partial charge in [-0.3, -0.25) is 4.90 Å².